The van der Waals surface area contributed by atoms with E-state index in [1.165, 1.54) is 0 Å². The fourth-order valence-electron chi connectivity index (χ4n) is 2.37. The first-order valence-electron chi connectivity index (χ1n) is 4.79. The predicted molar refractivity (Wildman–Crippen MR) is 46.5 cm³/mol. The third kappa shape index (κ3) is 2.19. The van der Waals surface area contributed by atoms with Crippen LogP contribution in [0.3, 0.4) is 0 Å². The van der Waals surface area contributed by atoms with Crippen LogP contribution in [-0.2, 0) is 9.53 Å². The zero-order valence-corrected chi connectivity index (χ0v) is 7.53. The fourth-order valence-corrected chi connectivity index (χ4v) is 2.37. The van der Waals surface area contributed by atoms with Crippen LogP contribution in [0.5, 0.6) is 0 Å². The van der Waals surface area contributed by atoms with Gasteiger partial charge >= 0.3 is 5.97 Å². The van der Waals surface area contributed by atoms with Crippen LogP contribution in [0.25, 0.3) is 0 Å². The molecule has 2 aliphatic rings. The van der Waals surface area contributed by atoms with Crippen molar-refractivity contribution in [2.24, 2.45) is 5.92 Å². The molecular weight excluding hydrogens is 170 g/mol. The van der Waals surface area contributed by atoms with Gasteiger partial charge in [0.15, 0.2) is 0 Å². The molecule has 0 saturated carbocycles. The van der Waals surface area contributed by atoms with E-state index >= 15 is 0 Å². The largest absolute Gasteiger partial charge is 0.481 e. The Balaban J connectivity index is 1.90. The number of hydrogen-bond acceptors (Lipinski definition) is 3. The molecule has 0 aliphatic carbocycles. The molecule has 0 aromatic rings. The van der Waals surface area contributed by atoms with Gasteiger partial charge in [0.2, 0.25) is 0 Å². The molecule has 2 rings (SSSR count). The summed E-state index contributed by atoms with van der Waals surface area (Å²) in [4.78, 5) is 10.5. The number of aliphatic carboxylic acids is 1. The summed E-state index contributed by atoms with van der Waals surface area (Å²) in [5.74, 6) is -0.330. The van der Waals surface area contributed by atoms with Gasteiger partial charge in [-0.05, 0) is 18.8 Å². The van der Waals surface area contributed by atoms with Crippen molar-refractivity contribution < 1.29 is 14.6 Å². The summed E-state index contributed by atoms with van der Waals surface area (Å²) in [6, 6.07) is 0.772. The van der Waals surface area contributed by atoms with Crippen LogP contribution in [0.2, 0.25) is 0 Å². The van der Waals surface area contributed by atoms with Crippen molar-refractivity contribution in [3.8, 4) is 0 Å². The van der Waals surface area contributed by atoms with Crippen molar-refractivity contribution in [1.82, 2.24) is 5.32 Å². The van der Waals surface area contributed by atoms with E-state index in [1.807, 2.05) is 0 Å². The number of fused-ring (bicyclic) bond motifs is 2. The molecule has 2 heterocycles. The summed E-state index contributed by atoms with van der Waals surface area (Å²) in [5.41, 5.74) is 0. The molecule has 2 saturated heterocycles. The van der Waals surface area contributed by atoms with E-state index in [9.17, 15) is 4.79 Å². The highest BCUT2D eigenvalue weighted by Gasteiger charge is 2.32. The summed E-state index contributed by atoms with van der Waals surface area (Å²) in [7, 11) is 0. The zero-order chi connectivity index (χ0) is 9.26. The minimum Gasteiger partial charge on any atom is -0.481 e. The molecule has 1 unspecified atom stereocenters. The average Bonchev–Trinajstić information content (AvgIpc) is 2.01. The van der Waals surface area contributed by atoms with Gasteiger partial charge in [0, 0.05) is 18.5 Å². The van der Waals surface area contributed by atoms with Crippen molar-refractivity contribution in [1.29, 1.82) is 0 Å². The van der Waals surface area contributed by atoms with Crippen LogP contribution in [0.15, 0.2) is 0 Å². The Kier molecular flexibility index (Phi) is 2.51. The molecule has 74 valence electrons. The molecule has 0 aromatic heterocycles. The van der Waals surface area contributed by atoms with Gasteiger partial charge in [0.1, 0.15) is 0 Å². The monoisotopic (exact) mass is 185 g/mol. The van der Waals surface area contributed by atoms with Crippen molar-refractivity contribution >= 4 is 5.97 Å². The van der Waals surface area contributed by atoms with Crippen LogP contribution < -0.4 is 5.32 Å². The summed E-state index contributed by atoms with van der Waals surface area (Å²) >= 11 is 0. The number of rotatable bonds is 2. The van der Waals surface area contributed by atoms with Crippen LogP contribution >= 0.6 is 0 Å². The second-order valence-corrected chi connectivity index (χ2v) is 4.03. The number of morpholine rings is 1. The normalized spacial score (nSPS) is 38.6. The highest BCUT2D eigenvalue weighted by Crippen LogP contribution is 2.26. The zero-order valence-electron chi connectivity index (χ0n) is 7.53. The second kappa shape index (κ2) is 3.64. The fraction of sp³-hybridized carbons (Fsp3) is 0.889. The van der Waals surface area contributed by atoms with Gasteiger partial charge in [-0.15, -0.1) is 0 Å². The Hall–Kier alpha value is -0.610. The molecule has 2 aliphatic heterocycles. The second-order valence-electron chi connectivity index (χ2n) is 4.03. The van der Waals surface area contributed by atoms with E-state index in [0.717, 1.165) is 26.1 Å². The molecule has 2 N–H and O–H groups in total. The molecule has 2 bridgehead atoms. The van der Waals surface area contributed by atoms with Gasteiger partial charge in [0.25, 0.3) is 0 Å². The minimum absolute atomic E-state index is 0.314. The number of nitrogens with one attached hydrogen (secondary N) is 1. The highest BCUT2D eigenvalue weighted by molar-refractivity contribution is 5.67. The molecule has 0 aromatic carbocycles. The lowest BCUT2D eigenvalue weighted by atomic mass is 9.85. The molecule has 13 heavy (non-hydrogen) atoms. The summed E-state index contributed by atoms with van der Waals surface area (Å²) < 4.78 is 5.38. The van der Waals surface area contributed by atoms with E-state index in [1.54, 1.807) is 0 Å². The van der Waals surface area contributed by atoms with Gasteiger partial charge in [-0.3, -0.25) is 4.79 Å². The topological polar surface area (TPSA) is 58.6 Å². The third-order valence-corrected chi connectivity index (χ3v) is 2.81. The maximum absolute atomic E-state index is 10.5. The van der Waals surface area contributed by atoms with Gasteiger partial charge in [0.05, 0.1) is 13.2 Å². The van der Waals surface area contributed by atoms with Gasteiger partial charge in [-0.2, -0.15) is 0 Å². The van der Waals surface area contributed by atoms with E-state index in [0.29, 0.717) is 24.4 Å². The minimum atomic E-state index is -0.675. The number of carbonyl (C=O) groups is 1. The highest BCUT2D eigenvalue weighted by atomic mass is 16.5. The number of hydrogen-bond donors (Lipinski definition) is 2. The smallest absolute Gasteiger partial charge is 0.303 e. The van der Waals surface area contributed by atoms with E-state index in [4.69, 9.17) is 9.84 Å². The van der Waals surface area contributed by atoms with Crippen LogP contribution in [0, 0.1) is 5.92 Å². The van der Waals surface area contributed by atoms with Crippen LogP contribution in [0.1, 0.15) is 19.3 Å². The first kappa shape index (κ1) is 8.97. The summed E-state index contributed by atoms with van der Waals surface area (Å²) in [5, 5.41) is 12.1. The van der Waals surface area contributed by atoms with E-state index in [-0.39, 0.29) is 0 Å². The summed E-state index contributed by atoms with van der Waals surface area (Å²) in [6.07, 6.45) is 2.21. The lowest BCUT2D eigenvalue weighted by Gasteiger charge is -2.39. The molecule has 4 heteroatoms. The molecule has 3 atom stereocenters. The Morgan fingerprint density at radius 1 is 1.38 bits per heavy atom. The number of piperidine rings is 1. The first-order valence-corrected chi connectivity index (χ1v) is 4.79. The van der Waals surface area contributed by atoms with Crippen molar-refractivity contribution in [3.05, 3.63) is 0 Å². The molecule has 0 amide bonds. The SMILES string of the molecule is O=C(O)CC1C[C@H]2COC[C@@H](C1)N2. The quantitative estimate of drug-likeness (QED) is 0.646. The van der Waals surface area contributed by atoms with Crippen molar-refractivity contribution in [2.45, 2.75) is 31.3 Å². The number of ether oxygens (including phenoxy) is 1. The molecular formula is C9H15NO3. The van der Waals surface area contributed by atoms with Gasteiger partial charge < -0.3 is 15.2 Å². The van der Waals surface area contributed by atoms with E-state index in [2.05, 4.69) is 5.32 Å². The molecule has 0 radical (unpaired) electrons. The Morgan fingerprint density at radius 3 is 2.54 bits per heavy atom. The average molecular weight is 185 g/mol. The van der Waals surface area contributed by atoms with Gasteiger partial charge in [-0.1, -0.05) is 0 Å². The lowest BCUT2D eigenvalue weighted by molar-refractivity contribution is -0.138. The molecule has 2 fully saturated rings. The maximum Gasteiger partial charge on any atom is 0.303 e. The van der Waals surface area contributed by atoms with E-state index < -0.39 is 5.97 Å². The Bertz CT molecular complexity index is 195. The van der Waals surface area contributed by atoms with Gasteiger partial charge in [-0.25, -0.2) is 0 Å². The van der Waals surface area contributed by atoms with Crippen molar-refractivity contribution in [2.75, 3.05) is 13.2 Å². The van der Waals surface area contributed by atoms with Crippen molar-refractivity contribution in [3.63, 3.8) is 0 Å². The number of carboxylic acid groups (broad SMARTS) is 1. The standard InChI is InChI=1S/C9H15NO3/c11-9(12)3-6-1-7-4-13-5-8(2-6)10-7/h6-8,10H,1-5H2,(H,11,12)/t6?,7-,8+. The first-order chi connectivity index (χ1) is 6.24. The summed E-state index contributed by atoms with van der Waals surface area (Å²) in [6.45, 7) is 1.49. The van der Waals surface area contributed by atoms with Crippen LogP contribution in [-0.4, -0.2) is 36.4 Å². The maximum atomic E-state index is 10.5. The Morgan fingerprint density at radius 2 is 2.00 bits per heavy atom. The van der Waals surface area contributed by atoms with Crippen LogP contribution in [0.4, 0.5) is 0 Å². The lowest BCUT2D eigenvalue weighted by Crippen LogP contribution is -2.54. The number of carboxylic acids is 1. The predicted octanol–water partition coefficient (Wildman–Crippen LogP) is 0.228. The molecule has 4 nitrogen and oxygen atoms in total. The third-order valence-electron chi connectivity index (χ3n) is 2.81. The molecule has 0 spiro atoms. The Labute approximate surface area is 77.3 Å².